The molecule has 1 heterocycles. The van der Waals surface area contributed by atoms with Gasteiger partial charge in [0.15, 0.2) is 0 Å². The molecule has 32 heavy (non-hydrogen) atoms. The quantitative estimate of drug-likeness (QED) is 0.468. The summed E-state index contributed by atoms with van der Waals surface area (Å²) in [5, 5.41) is 17.9. The summed E-state index contributed by atoms with van der Waals surface area (Å²) in [5.41, 5.74) is 2.17. The molecular formula is C23H20N6O3. The molecule has 0 saturated heterocycles. The van der Waals surface area contributed by atoms with Crippen molar-refractivity contribution in [1.29, 1.82) is 0 Å². The van der Waals surface area contributed by atoms with Crippen LogP contribution in [0, 0.1) is 0 Å². The fraction of sp³-hybridized carbons (Fsp3) is 0.0870. The molecule has 0 unspecified atom stereocenters. The van der Waals surface area contributed by atoms with E-state index in [1.165, 1.54) is 11.9 Å². The average molecular weight is 428 g/mol. The van der Waals surface area contributed by atoms with Crippen LogP contribution in [0.4, 0.5) is 11.4 Å². The Balaban J connectivity index is 1.50. The molecule has 9 nitrogen and oxygen atoms in total. The van der Waals surface area contributed by atoms with E-state index in [2.05, 4.69) is 26.0 Å². The number of nitrogens with zero attached hydrogens (tertiary/aromatic N) is 4. The Kier molecular flexibility index (Phi) is 6.17. The van der Waals surface area contributed by atoms with Crippen molar-refractivity contribution in [1.82, 2.24) is 20.2 Å². The maximum Gasteiger partial charge on any atom is 0.259 e. The highest BCUT2D eigenvalue weighted by Crippen LogP contribution is 2.26. The Bertz CT molecular complexity index is 1240. The fourth-order valence-electron chi connectivity index (χ4n) is 3.08. The van der Waals surface area contributed by atoms with E-state index < -0.39 is 0 Å². The average Bonchev–Trinajstić information content (AvgIpc) is 3.28. The lowest BCUT2D eigenvalue weighted by Crippen LogP contribution is -2.20. The van der Waals surface area contributed by atoms with Gasteiger partial charge >= 0.3 is 0 Å². The summed E-state index contributed by atoms with van der Waals surface area (Å²) in [5.74, 6) is 0.145. The number of hydrogen-bond donors (Lipinski definition) is 2. The van der Waals surface area contributed by atoms with Gasteiger partial charge in [0.1, 0.15) is 12.3 Å². The van der Waals surface area contributed by atoms with E-state index in [1.807, 2.05) is 18.2 Å². The van der Waals surface area contributed by atoms with Gasteiger partial charge in [-0.3, -0.25) is 9.59 Å². The van der Waals surface area contributed by atoms with E-state index in [0.29, 0.717) is 28.3 Å². The Morgan fingerprint density at radius 1 is 0.906 bits per heavy atom. The smallest absolute Gasteiger partial charge is 0.259 e. The maximum atomic E-state index is 12.8. The molecule has 0 atom stereocenters. The third-order valence-corrected chi connectivity index (χ3v) is 4.56. The minimum atomic E-state index is -0.329. The number of aromatic nitrogens is 4. The third kappa shape index (κ3) is 4.78. The lowest BCUT2D eigenvalue weighted by Gasteiger charge is -2.11. The number of amides is 2. The topological polar surface area (TPSA) is 111 Å². The molecule has 0 bridgehead atoms. The molecule has 0 radical (unpaired) electrons. The summed E-state index contributed by atoms with van der Waals surface area (Å²) in [7, 11) is 1.51. The summed E-state index contributed by atoms with van der Waals surface area (Å²) < 4.78 is 5.27. The van der Waals surface area contributed by atoms with E-state index in [1.54, 1.807) is 60.7 Å². The summed E-state index contributed by atoms with van der Waals surface area (Å²) in [6.07, 6.45) is 0. The van der Waals surface area contributed by atoms with Gasteiger partial charge in [0, 0.05) is 11.3 Å². The van der Waals surface area contributed by atoms with E-state index in [-0.39, 0.29) is 24.2 Å². The number of methoxy groups -OCH3 is 1. The van der Waals surface area contributed by atoms with Crippen molar-refractivity contribution in [3.8, 4) is 17.1 Å². The first kappa shape index (κ1) is 20.7. The highest BCUT2D eigenvalue weighted by Gasteiger charge is 2.17. The van der Waals surface area contributed by atoms with Gasteiger partial charge in [-0.25, -0.2) is 0 Å². The van der Waals surface area contributed by atoms with Gasteiger partial charge in [-0.1, -0.05) is 42.5 Å². The molecular weight excluding hydrogens is 408 g/mol. The number of hydrogen-bond acceptors (Lipinski definition) is 6. The van der Waals surface area contributed by atoms with Crippen molar-refractivity contribution in [3.05, 3.63) is 84.4 Å². The van der Waals surface area contributed by atoms with E-state index in [4.69, 9.17) is 4.74 Å². The summed E-state index contributed by atoms with van der Waals surface area (Å²) >= 11 is 0. The van der Waals surface area contributed by atoms with Gasteiger partial charge in [0.25, 0.3) is 5.91 Å². The van der Waals surface area contributed by atoms with Gasteiger partial charge < -0.3 is 15.4 Å². The monoisotopic (exact) mass is 428 g/mol. The van der Waals surface area contributed by atoms with Crippen LogP contribution in [0.15, 0.2) is 78.9 Å². The van der Waals surface area contributed by atoms with Crippen LogP contribution in [0.1, 0.15) is 10.4 Å². The number of benzene rings is 3. The SMILES string of the molecule is COc1ccccc1C(=O)Nc1ccccc1-c1nnn(CC(=O)Nc2ccccc2)n1. The van der Waals surface area contributed by atoms with Gasteiger partial charge in [-0.2, -0.15) is 4.80 Å². The highest BCUT2D eigenvalue weighted by atomic mass is 16.5. The molecule has 1 aromatic heterocycles. The van der Waals surface area contributed by atoms with Crippen LogP contribution in [-0.2, 0) is 11.3 Å². The fourth-order valence-corrected chi connectivity index (χ4v) is 3.08. The summed E-state index contributed by atoms with van der Waals surface area (Å²) in [6, 6.07) is 23.2. The van der Waals surface area contributed by atoms with Crippen molar-refractivity contribution in [2.45, 2.75) is 6.54 Å². The Labute approximate surface area is 184 Å². The van der Waals surface area contributed by atoms with Crippen molar-refractivity contribution in [3.63, 3.8) is 0 Å². The molecule has 0 spiro atoms. The molecule has 2 N–H and O–H groups in total. The Morgan fingerprint density at radius 2 is 1.62 bits per heavy atom. The van der Waals surface area contributed by atoms with Crippen LogP contribution in [0.5, 0.6) is 5.75 Å². The van der Waals surface area contributed by atoms with Crippen LogP contribution in [0.25, 0.3) is 11.4 Å². The zero-order valence-electron chi connectivity index (χ0n) is 17.2. The first-order chi connectivity index (χ1) is 15.6. The molecule has 4 rings (SSSR count). The second kappa shape index (κ2) is 9.52. The molecule has 9 heteroatoms. The first-order valence-corrected chi connectivity index (χ1v) is 9.80. The molecule has 0 fully saturated rings. The molecule has 3 aromatic carbocycles. The number of ether oxygens (including phenoxy) is 1. The van der Waals surface area contributed by atoms with Crippen LogP contribution in [0.2, 0.25) is 0 Å². The molecule has 0 aliphatic heterocycles. The number of carbonyl (C=O) groups excluding carboxylic acids is 2. The van der Waals surface area contributed by atoms with Gasteiger partial charge in [-0.05, 0) is 41.6 Å². The zero-order chi connectivity index (χ0) is 22.3. The molecule has 0 saturated carbocycles. The largest absolute Gasteiger partial charge is 0.496 e. The molecule has 160 valence electrons. The van der Waals surface area contributed by atoms with Crippen molar-refractivity contribution < 1.29 is 14.3 Å². The van der Waals surface area contributed by atoms with Gasteiger partial charge in [-0.15, -0.1) is 10.2 Å². The van der Waals surface area contributed by atoms with Crippen LogP contribution < -0.4 is 15.4 Å². The Morgan fingerprint density at radius 3 is 2.44 bits per heavy atom. The third-order valence-electron chi connectivity index (χ3n) is 4.56. The normalized spacial score (nSPS) is 10.4. The number of carbonyl (C=O) groups is 2. The molecule has 2 amide bonds. The summed E-state index contributed by atoms with van der Waals surface area (Å²) in [4.78, 5) is 26.2. The first-order valence-electron chi connectivity index (χ1n) is 9.80. The predicted octanol–water partition coefficient (Wildman–Crippen LogP) is 3.24. The van der Waals surface area contributed by atoms with Crippen molar-refractivity contribution >= 4 is 23.2 Å². The van der Waals surface area contributed by atoms with Crippen LogP contribution >= 0.6 is 0 Å². The Hall–Kier alpha value is -4.53. The number of anilines is 2. The number of nitrogens with one attached hydrogen (secondary N) is 2. The second-order valence-electron chi connectivity index (χ2n) is 6.76. The minimum absolute atomic E-state index is 0.0996. The second-order valence-corrected chi connectivity index (χ2v) is 6.76. The van der Waals surface area contributed by atoms with E-state index in [0.717, 1.165) is 0 Å². The highest BCUT2D eigenvalue weighted by molar-refractivity contribution is 6.07. The molecule has 0 aliphatic rings. The van der Waals surface area contributed by atoms with E-state index in [9.17, 15) is 9.59 Å². The number of rotatable bonds is 7. The van der Waals surface area contributed by atoms with Crippen molar-refractivity contribution in [2.24, 2.45) is 0 Å². The minimum Gasteiger partial charge on any atom is -0.496 e. The lowest BCUT2D eigenvalue weighted by atomic mass is 10.1. The molecule has 4 aromatic rings. The maximum absolute atomic E-state index is 12.8. The van der Waals surface area contributed by atoms with Crippen molar-refractivity contribution in [2.75, 3.05) is 17.7 Å². The van der Waals surface area contributed by atoms with Gasteiger partial charge in [0.2, 0.25) is 11.7 Å². The zero-order valence-corrected chi connectivity index (χ0v) is 17.2. The predicted molar refractivity (Wildman–Crippen MR) is 119 cm³/mol. The van der Waals surface area contributed by atoms with Gasteiger partial charge in [0.05, 0.1) is 18.4 Å². The van der Waals surface area contributed by atoms with Crippen LogP contribution in [-0.4, -0.2) is 39.1 Å². The lowest BCUT2D eigenvalue weighted by molar-refractivity contribution is -0.117. The molecule has 0 aliphatic carbocycles. The number of tetrazole rings is 1. The standard InChI is InChI=1S/C23H20N6O3/c1-32-20-14-8-6-12-18(20)23(31)25-19-13-7-5-11-17(19)22-26-28-29(27-22)15-21(30)24-16-9-3-2-4-10-16/h2-14H,15H2,1H3,(H,24,30)(H,25,31). The van der Waals surface area contributed by atoms with Crippen LogP contribution in [0.3, 0.4) is 0 Å². The van der Waals surface area contributed by atoms with E-state index >= 15 is 0 Å². The summed E-state index contributed by atoms with van der Waals surface area (Å²) in [6.45, 7) is -0.0996. The number of para-hydroxylation sites is 3.